The molecule has 2 aromatic rings. The number of benzene rings is 1. The molecule has 0 aliphatic carbocycles. The first kappa shape index (κ1) is 24.0. The number of fused-ring (bicyclic) bond motifs is 1. The number of esters is 1. The Hall–Kier alpha value is -1.66. The smallest absolute Gasteiger partial charge is 0.316 e. The van der Waals surface area contributed by atoms with Crippen LogP contribution in [0.15, 0.2) is 28.3 Å². The molecule has 11 heteroatoms. The summed E-state index contributed by atoms with van der Waals surface area (Å²) in [4.78, 5) is 16.7. The highest BCUT2D eigenvalue weighted by molar-refractivity contribution is 7.99. The molecule has 0 radical (unpaired) electrons. The first-order chi connectivity index (χ1) is 15.0. The van der Waals surface area contributed by atoms with E-state index in [4.69, 9.17) is 14.2 Å². The summed E-state index contributed by atoms with van der Waals surface area (Å²) in [7, 11) is -3.61. The summed E-state index contributed by atoms with van der Waals surface area (Å²) >= 11 is 1.29. The lowest BCUT2D eigenvalue weighted by Crippen LogP contribution is -2.40. The number of aryl methyl sites for hydroxylation is 1. The van der Waals surface area contributed by atoms with E-state index >= 15 is 0 Å². The molecule has 31 heavy (non-hydrogen) atoms. The van der Waals surface area contributed by atoms with Crippen LogP contribution in [0.2, 0.25) is 0 Å². The maximum Gasteiger partial charge on any atom is 0.316 e. The Balaban J connectivity index is 1.88. The zero-order chi connectivity index (χ0) is 22.3. The topological polar surface area (TPSA) is 100.0 Å². The molecule has 0 spiro atoms. The van der Waals surface area contributed by atoms with Crippen molar-refractivity contribution in [3.8, 4) is 0 Å². The summed E-state index contributed by atoms with van der Waals surface area (Å²) in [6.45, 7) is 7.42. The molecule has 1 aliphatic heterocycles. The number of ether oxygens (including phenoxy) is 3. The minimum Gasteiger partial charge on any atom is -0.465 e. The van der Waals surface area contributed by atoms with E-state index in [1.54, 1.807) is 25.1 Å². The molecule has 0 amide bonds. The highest BCUT2D eigenvalue weighted by Gasteiger charge is 2.27. The van der Waals surface area contributed by atoms with Gasteiger partial charge in [-0.15, -0.1) is 0 Å². The van der Waals surface area contributed by atoms with Gasteiger partial charge >= 0.3 is 5.97 Å². The normalized spacial score (nSPS) is 15.4. The van der Waals surface area contributed by atoms with Crippen LogP contribution in [-0.4, -0.2) is 80.1 Å². The molecule has 1 aromatic carbocycles. The van der Waals surface area contributed by atoms with Crippen molar-refractivity contribution in [2.45, 2.75) is 36.9 Å². The standard InChI is InChI=1S/C20H29N3O6S2/c1-3-27-11-5-8-23-18-7-6-16(31(25,26)22-9-12-28-13-10-22)14-17(18)21-20(23)30-15-19(24)29-4-2/h6-7,14H,3-5,8-13,15H2,1-2H3. The molecule has 0 unspecified atom stereocenters. The van der Waals surface area contributed by atoms with E-state index in [1.165, 1.54) is 16.1 Å². The third kappa shape index (κ3) is 5.98. The maximum atomic E-state index is 13.0. The van der Waals surface area contributed by atoms with Crippen molar-refractivity contribution in [3.63, 3.8) is 0 Å². The second-order valence-electron chi connectivity index (χ2n) is 6.86. The van der Waals surface area contributed by atoms with Crippen molar-refractivity contribution in [1.29, 1.82) is 0 Å². The SMILES string of the molecule is CCOCCCn1c(SCC(=O)OCC)nc2cc(S(=O)(=O)N3CCOCC3)ccc21. The van der Waals surface area contributed by atoms with Crippen LogP contribution >= 0.6 is 11.8 Å². The Morgan fingerprint density at radius 1 is 1.23 bits per heavy atom. The fraction of sp³-hybridized carbons (Fsp3) is 0.600. The largest absolute Gasteiger partial charge is 0.465 e. The average molecular weight is 472 g/mol. The number of carbonyl (C=O) groups is 1. The van der Waals surface area contributed by atoms with Crippen LogP contribution in [0, 0.1) is 0 Å². The van der Waals surface area contributed by atoms with Crippen molar-refractivity contribution in [3.05, 3.63) is 18.2 Å². The van der Waals surface area contributed by atoms with Crippen LogP contribution in [0.1, 0.15) is 20.3 Å². The van der Waals surface area contributed by atoms with Crippen LogP contribution in [0.5, 0.6) is 0 Å². The van der Waals surface area contributed by atoms with Gasteiger partial charge in [0.15, 0.2) is 5.16 Å². The van der Waals surface area contributed by atoms with Gasteiger partial charge in [0.2, 0.25) is 10.0 Å². The Bertz CT molecular complexity index is 986. The number of thioether (sulfide) groups is 1. The molecule has 2 heterocycles. The number of hydrogen-bond donors (Lipinski definition) is 0. The monoisotopic (exact) mass is 471 g/mol. The number of imidazole rings is 1. The van der Waals surface area contributed by atoms with Gasteiger partial charge in [-0.3, -0.25) is 4.79 Å². The zero-order valence-corrected chi connectivity index (χ0v) is 19.5. The molecule has 0 N–H and O–H groups in total. The summed E-state index contributed by atoms with van der Waals surface area (Å²) < 4.78 is 45.2. The third-order valence-corrected chi connectivity index (χ3v) is 7.64. The van der Waals surface area contributed by atoms with Crippen molar-refractivity contribution in [2.75, 3.05) is 51.9 Å². The second kappa shape index (κ2) is 11.3. The van der Waals surface area contributed by atoms with E-state index in [-0.39, 0.29) is 16.6 Å². The van der Waals surface area contributed by atoms with E-state index in [1.807, 2.05) is 11.5 Å². The summed E-state index contributed by atoms with van der Waals surface area (Å²) in [6, 6.07) is 5.01. The highest BCUT2D eigenvalue weighted by Crippen LogP contribution is 2.28. The molecule has 9 nitrogen and oxygen atoms in total. The number of carbonyl (C=O) groups excluding carboxylic acids is 1. The van der Waals surface area contributed by atoms with Crippen molar-refractivity contribution < 1.29 is 27.4 Å². The molecule has 0 atom stereocenters. The Morgan fingerprint density at radius 3 is 2.71 bits per heavy atom. The fourth-order valence-corrected chi connectivity index (χ4v) is 5.57. The van der Waals surface area contributed by atoms with Gasteiger partial charge < -0.3 is 18.8 Å². The lowest BCUT2D eigenvalue weighted by molar-refractivity contribution is -0.139. The summed E-state index contributed by atoms with van der Waals surface area (Å²) in [6.07, 6.45) is 0.778. The highest BCUT2D eigenvalue weighted by atomic mass is 32.2. The quantitative estimate of drug-likeness (QED) is 0.279. The number of hydrogen-bond acceptors (Lipinski definition) is 8. The predicted molar refractivity (Wildman–Crippen MR) is 118 cm³/mol. The van der Waals surface area contributed by atoms with Gasteiger partial charge in [-0.1, -0.05) is 11.8 Å². The fourth-order valence-electron chi connectivity index (χ4n) is 3.31. The molecule has 1 saturated heterocycles. The van der Waals surface area contributed by atoms with E-state index in [0.29, 0.717) is 63.3 Å². The van der Waals surface area contributed by atoms with Crippen molar-refractivity contribution in [2.24, 2.45) is 0 Å². The lowest BCUT2D eigenvalue weighted by atomic mass is 10.3. The number of nitrogens with zero attached hydrogens (tertiary/aromatic N) is 3. The summed E-state index contributed by atoms with van der Waals surface area (Å²) in [5.41, 5.74) is 1.40. The van der Waals surface area contributed by atoms with Gasteiger partial charge in [0, 0.05) is 32.8 Å². The Kier molecular flexibility index (Phi) is 8.73. The van der Waals surface area contributed by atoms with E-state index in [9.17, 15) is 13.2 Å². The molecule has 1 aromatic heterocycles. The predicted octanol–water partition coefficient (Wildman–Crippen LogP) is 2.14. The lowest BCUT2D eigenvalue weighted by Gasteiger charge is -2.26. The van der Waals surface area contributed by atoms with Crippen LogP contribution in [0.3, 0.4) is 0 Å². The molecule has 1 aliphatic rings. The van der Waals surface area contributed by atoms with Gasteiger partial charge in [0.25, 0.3) is 0 Å². The van der Waals surface area contributed by atoms with Gasteiger partial charge in [-0.25, -0.2) is 13.4 Å². The molecule has 172 valence electrons. The van der Waals surface area contributed by atoms with Crippen LogP contribution in [-0.2, 0) is 35.6 Å². The number of aromatic nitrogens is 2. The first-order valence-corrected chi connectivity index (χ1v) is 12.8. The molecule has 0 bridgehead atoms. The minimum absolute atomic E-state index is 0.140. The molecular formula is C20H29N3O6S2. The van der Waals surface area contributed by atoms with Crippen molar-refractivity contribution in [1.82, 2.24) is 13.9 Å². The number of morpholine rings is 1. The van der Waals surface area contributed by atoms with Crippen LogP contribution in [0.25, 0.3) is 11.0 Å². The average Bonchev–Trinajstić information content (AvgIpc) is 3.13. The van der Waals surface area contributed by atoms with Gasteiger partial charge in [0.05, 0.1) is 41.5 Å². The molecule has 1 fully saturated rings. The van der Waals surface area contributed by atoms with E-state index < -0.39 is 10.0 Å². The maximum absolute atomic E-state index is 13.0. The second-order valence-corrected chi connectivity index (χ2v) is 9.74. The molecule has 3 rings (SSSR count). The first-order valence-electron chi connectivity index (χ1n) is 10.4. The minimum atomic E-state index is -3.61. The van der Waals surface area contributed by atoms with Gasteiger partial charge in [0.1, 0.15) is 0 Å². The number of sulfonamides is 1. The molecule has 0 saturated carbocycles. The molecular weight excluding hydrogens is 442 g/mol. The van der Waals surface area contributed by atoms with Crippen LogP contribution < -0.4 is 0 Å². The van der Waals surface area contributed by atoms with Crippen LogP contribution in [0.4, 0.5) is 0 Å². The van der Waals surface area contributed by atoms with Gasteiger partial charge in [-0.05, 0) is 38.5 Å². The Labute approximate surface area is 187 Å². The Morgan fingerprint density at radius 2 is 2.00 bits per heavy atom. The van der Waals surface area contributed by atoms with E-state index in [2.05, 4.69) is 4.98 Å². The zero-order valence-electron chi connectivity index (χ0n) is 17.9. The number of rotatable bonds is 11. The summed E-state index contributed by atoms with van der Waals surface area (Å²) in [5.74, 6) is -0.169. The van der Waals surface area contributed by atoms with Gasteiger partial charge in [-0.2, -0.15) is 4.31 Å². The summed E-state index contributed by atoms with van der Waals surface area (Å²) in [5, 5.41) is 0.653. The third-order valence-electron chi connectivity index (χ3n) is 4.79. The van der Waals surface area contributed by atoms with Crippen molar-refractivity contribution >= 4 is 38.8 Å². The van der Waals surface area contributed by atoms with E-state index in [0.717, 1.165) is 11.9 Å².